The standard InChI is InChI=1S/C11H18N2O3/c1-3-4-13-11(14)8-15-7-10-6-12-5-9(2)16-10/h1,9-10,12H,4-8H2,2H3,(H,13,14). The molecule has 5 nitrogen and oxygen atoms in total. The highest BCUT2D eigenvalue weighted by atomic mass is 16.5. The highest BCUT2D eigenvalue weighted by Crippen LogP contribution is 2.03. The van der Waals surface area contributed by atoms with Crippen LogP contribution in [0.1, 0.15) is 6.92 Å². The average molecular weight is 226 g/mol. The Kier molecular flexibility index (Phi) is 5.86. The molecular formula is C11H18N2O3. The molecule has 5 heteroatoms. The summed E-state index contributed by atoms with van der Waals surface area (Å²) in [7, 11) is 0. The fourth-order valence-corrected chi connectivity index (χ4v) is 1.45. The maximum atomic E-state index is 11.1. The van der Waals surface area contributed by atoms with Crippen LogP contribution in [0.4, 0.5) is 0 Å². The van der Waals surface area contributed by atoms with Crippen LogP contribution in [-0.2, 0) is 14.3 Å². The van der Waals surface area contributed by atoms with Gasteiger partial charge in [0, 0.05) is 13.1 Å². The Morgan fingerprint density at radius 3 is 3.19 bits per heavy atom. The highest BCUT2D eigenvalue weighted by Gasteiger charge is 2.18. The summed E-state index contributed by atoms with van der Waals surface area (Å²) >= 11 is 0. The Balaban J connectivity index is 2.06. The first-order valence-corrected chi connectivity index (χ1v) is 5.36. The first-order chi connectivity index (χ1) is 7.72. The first-order valence-electron chi connectivity index (χ1n) is 5.36. The molecule has 1 aliphatic rings. The van der Waals surface area contributed by atoms with E-state index >= 15 is 0 Å². The van der Waals surface area contributed by atoms with Crippen LogP contribution < -0.4 is 10.6 Å². The van der Waals surface area contributed by atoms with Gasteiger partial charge in [-0.3, -0.25) is 4.79 Å². The van der Waals surface area contributed by atoms with Gasteiger partial charge in [-0.25, -0.2) is 0 Å². The summed E-state index contributed by atoms with van der Waals surface area (Å²) in [5.74, 6) is 2.12. The molecule has 1 saturated heterocycles. The van der Waals surface area contributed by atoms with Gasteiger partial charge in [0.1, 0.15) is 6.61 Å². The quantitative estimate of drug-likeness (QED) is 0.598. The summed E-state index contributed by atoms with van der Waals surface area (Å²) in [5.41, 5.74) is 0. The molecule has 0 aromatic rings. The number of amides is 1. The van der Waals surface area contributed by atoms with Crippen molar-refractivity contribution in [3.8, 4) is 12.3 Å². The lowest BCUT2D eigenvalue weighted by Crippen LogP contribution is -2.45. The molecule has 2 atom stereocenters. The molecule has 1 rings (SSSR count). The maximum absolute atomic E-state index is 11.1. The molecule has 1 fully saturated rings. The number of morpholine rings is 1. The Hall–Kier alpha value is -1.09. The minimum absolute atomic E-state index is 0.0178. The van der Waals surface area contributed by atoms with E-state index in [4.69, 9.17) is 15.9 Å². The van der Waals surface area contributed by atoms with Crippen molar-refractivity contribution in [2.75, 3.05) is 32.8 Å². The van der Waals surface area contributed by atoms with E-state index in [2.05, 4.69) is 16.6 Å². The maximum Gasteiger partial charge on any atom is 0.246 e. The van der Waals surface area contributed by atoms with Gasteiger partial charge in [-0.1, -0.05) is 5.92 Å². The Morgan fingerprint density at radius 1 is 1.69 bits per heavy atom. The van der Waals surface area contributed by atoms with Gasteiger partial charge in [0.05, 0.1) is 25.4 Å². The van der Waals surface area contributed by atoms with Gasteiger partial charge >= 0.3 is 0 Å². The molecule has 1 amide bonds. The summed E-state index contributed by atoms with van der Waals surface area (Å²) in [6.07, 6.45) is 5.21. The van der Waals surface area contributed by atoms with Gasteiger partial charge in [0.2, 0.25) is 5.91 Å². The summed E-state index contributed by atoms with van der Waals surface area (Å²) in [4.78, 5) is 11.1. The lowest BCUT2D eigenvalue weighted by Gasteiger charge is -2.28. The molecule has 1 aliphatic heterocycles. The van der Waals surface area contributed by atoms with E-state index < -0.39 is 0 Å². The van der Waals surface area contributed by atoms with Crippen molar-refractivity contribution in [1.82, 2.24) is 10.6 Å². The van der Waals surface area contributed by atoms with E-state index in [0.29, 0.717) is 6.61 Å². The largest absolute Gasteiger partial charge is 0.370 e. The number of ether oxygens (including phenoxy) is 2. The van der Waals surface area contributed by atoms with Gasteiger partial charge in [-0.2, -0.15) is 0 Å². The zero-order chi connectivity index (χ0) is 11.8. The molecular weight excluding hydrogens is 208 g/mol. The van der Waals surface area contributed by atoms with E-state index in [1.165, 1.54) is 0 Å². The number of hydrogen-bond donors (Lipinski definition) is 2. The van der Waals surface area contributed by atoms with Crippen molar-refractivity contribution < 1.29 is 14.3 Å². The first kappa shape index (κ1) is 13.0. The van der Waals surface area contributed by atoms with Gasteiger partial charge in [-0.05, 0) is 6.92 Å². The van der Waals surface area contributed by atoms with Crippen LogP contribution in [0.25, 0.3) is 0 Å². The van der Waals surface area contributed by atoms with E-state index in [1.807, 2.05) is 6.92 Å². The monoisotopic (exact) mass is 226 g/mol. The van der Waals surface area contributed by atoms with Gasteiger partial charge in [0.15, 0.2) is 0 Å². The van der Waals surface area contributed by atoms with E-state index in [1.54, 1.807) is 0 Å². The minimum atomic E-state index is -0.199. The van der Waals surface area contributed by atoms with Crippen LogP contribution in [-0.4, -0.2) is 51.0 Å². The lowest BCUT2D eigenvalue weighted by molar-refractivity contribution is -0.128. The Labute approximate surface area is 95.9 Å². The third-order valence-electron chi connectivity index (χ3n) is 2.15. The molecule has 2 unspecified atom stereocenters. The second-order valence-corrected chi connectivity index (χ2v) is 3.72. The zero-order valence-electron chi connectivity index (χ0n) is 9.49. The van der Waals surface area contributed by atoms with Crippen molar-refractivity contribution in [1.29, 1.82) is 0 Å². The second-order valence-electron chi connectivity index (χ2n) is 3.72. The zero-order valence-corrected chi connectivity index (χ0v) is 9.49. The van der Waals surface area contributed by atoms with E-state index in [0.717, 1.165) is 13.1 Å². The average Bonchev–Trinajstić information content (AvgIpc) is 2.26. The van der Waals surface area contributed by atoms with E-state index in [9.17, 15) is 4.79 Å². The number of carbonyl (C=O) groups is 1. The van der Waals surface area contributed by atoms with Crippen LogP contribution in [0, 0.1) is 12.3 Å². The molecule has 0 spiro atoms. The fraction of sp³-hybridized carbons (Fsp3) is 0.727. The summed E-state index contributed by atoms with van der Waals surface area (Å²) < 4.78 is 10.8. The fourth-order valence-electron chi connectivity index (χ4n) is 1.45. The molecule has 2 N–H and O–H groups in total. The van der Waals surface area contributed by atoms with Crippen molar-refractivity contribution in [2.45, 2.75) is 19.1 Å². The minimum Gasteiger partial charge on any atom is -0.370 e. The highest BCUT2D eigenvalue weighted by molar-refractivity contribution is 5.77. The van der Waals surface area contributed by atoms with Crippen LogP contribution in [0.15, 0.2) is 0 Å². The van der Waals surface area contributed by atoms with Crippen LogP contribution >= 0.6 is 0 Å². The van der Waals surface area contributed by atoms with Gasteiger partial charge in [0.25, 0.3) is 0 Å². The van der Waals surface area contributed by atoms with Crippen LogP contribution in [0.5, 0.6) is 0 Å². The number of terminal acetylenes is 1. The SMILES string of the molecule is C#CCNC(=O)COCC1CNCC(C)O1. The Morgan fingerprint density at radius 2 is 2.50 bits per heavy atom. The third kappa shape index (κ3) is 5.12. The third-order valence-corrected chi connectivity index (χ3v) is 2.15. The summed E-state index contributed by atoms with van der Waals surface area (Å²) in [5, 5.41) is 5.75. The molecule has 0 aromatic heterocycles. The topological polar surface area (TPSA) is 59.6 Å². The molecule has 0 radical (unpaired) electrons. The molecule has 0 bridgehead atoms. The van der Waals surface area contributed by atoms with E-state index in [-0.39, 0.29) is 31.3 Å². The van der Waals surface area contributed by atoms with Crippen LogP contribution in [0.3, 0.4) is 0 Å². The predicted octanol–water partition coefficient (Wildman–Crippen LogP) is -0.871. The van der Waals surface area contributed by atoms with Crippen molar-refractivity contribution in [3.63, 3.8) is 0 Å². The predicted molar refractivity (Wildman–Crippen MR) is 59.9 cm³/mol. The van der Waals surface area contributed by atoms with Crippen molar-refractivity contribution in [2.24, 2.45) is 0 Å². The number of hydrogen-bond acceptors (Lipinski definition) is 4. The second kappa shape index (κ2) is 7.23. The van der Waals surface area contributed by atoms with Crippen LogP contribution in [0.2, 0.25) is 0 Å². The molecule has 0 aliphatic carbocycles. The normalized spacial score (nSPS) is 24.8. The summed E-state index contributed by atoms with van der Waals surface area (Å²) in [6, 6.07) is 0. The number of carbonyl (C=O) groups excluding carboxylic acids is 1. The molecule has 1 heterocycles. The van der Waals surface area contributed by atoms with Crippen molar-refractivity contribution in [3.05, 3.63) is 0 Å². The molecule has 0 saturated carbocycles. The smallest absolute Gasteiger partial charge is 0.246 e. The van der Waals surface area contributed by atoms with Gasteiger partial charge < -0.3 is 20.1 Å². The molecule has 90 valence electrons. The Bertz CT molecular complexity index is 262. The lowest BCUT2D eigenvalue weighted by atomic mass is 10.2. The van der Waals surface area contributed by atoms with Crippen molar-refractivity contribution >= 4 is 5.91 Å². The molecule has 16 heavy (non-hydrogen) atoms. The number of rotatable bonds is 5. The summed E-state index contributed by atoms with van der Waals surface area (Å²) in [6.45, 7) is 4.30. The molecule has 0 aromatic carbocycles. The van der Waals surface area contributed by atoms with Gasteiger partial charge in [-0.15, -0.1) is 6.42 Å². The number of nitrogens with one attached hydrogen (secondary N) is 2.